The summed E-state index contributed by atoms with van der Waals surface area (Å²) in [5.41, 5.74) is 1.55. The van der Waals surface area contributed by atoms with Crippen molar-refractivity contribution in [1.82, 2.24) is 4.90 Å². The summed E-state index contributed by atoms with van der Waals surface area (Å²) in [6, 6.07) is 7.83. The Morgan fingerprint density at radius 2 is 1.84 bits per heavy atom. The highest BCUT2D eigenvalue weighted by atomic mass is 16.2. The van der Waals surface area contributed by atoms with Crippen molar-refractivity contribution in [3.8, 4) is 0 Å². The Kier molecular flexibility index (Phi) is 4.20. The van der Waals surface area contributed by atoms with Gasteiger partial charge < -0.3 is 10.2 Å². The van der Waals surface area contributed by atoms with Crippen LogP contribution in [0.1, 0.15) is 36.0 Å². The second kappa shape index (κ2) is 5.87. The lowest BCUT2D eigenvalue weighted by molar-refractivity contribution is -0.120. The molecule has 0 aromatic heterocycles. The molecule has 1 saturated carbocycles. The average Bonchev–Trinajstić information content (AvgIpc) is 2.41. The number of benzene rings is 1. The van der Waals surface area contributed by atoms with Crippen LogP contribution in [-0.4, -0.2) is 36.7 Å². The molecule has 0 radical (unpaired) electrons. The molecule has 1 amide bonds. The number of para-hydroxylation sites is 1. The third-order valence-electron chi connectivity index (χ3n) is 3.47. The fraction of sp³-hybridized carbons (Fsp3) is 0.467. The van der Waals surface area contributed by atoms with Crippen LogP contribution in [0.5, 0.6) is 0 Å². The van der Waals surface area contributed by atoms with Gasteiger partial charge in [0.05, 0.1) is 5.56 Å². The molecule has 0 saturated heterocycles. The summed E-state index contributed by atoms with van der Waals surface area (Å²) < 4.78 is 0. The number of hydrogen-bond donors (Lipinski definition) is 1. The van der Waals surface area contributed by atoms with Crippen molar-refractivity contribution in [3.63, 3.8) is 0 Å². The molecule has 1 N–H and O–H groups in total. The lowest BCUT2D eigenvalue weighted by atomic mass is 9.94. The Bertz CT molecular complexity index is 473. The molecular weight excluding hydrogens is 240 g/mol. The first-order valence-electron chi connectivity index (χ1n) is 6.67. The van der Waals surface area contributed by atoms with Crippen molar-refractivity contribution in [3.05, 3.63) is 29.8 Å². The van der Waals surface area contributed by atoms with Crippen LogP contribution in [0.3, 0.4) is 0 Å². The standard InChI is InChI=1S/C15H20N2O2/c1-17(2)15(19)13-5-3-4-6-14(13)16-11-7-9-12(18)10-8-11/h3-6,11,16H,7-10H2,1-2H3. The smallest absolute Gasteiger partial charge is 0.255 e. The maximum absolute atomic E-state index is 12.1. The number of amides is 1. The fourth-order valence-corrected chi connectivity index (χ4v) is 2.34. The Labute approximate surface area is 113 Å². The van der Waals surface area contributed by atoms with E-state index < -0.39 is 0 Å². The van der Waals surface area contributed by atoms with Gasteiger partial charge in [0.2, 0.25) is 0 Å². The van der Waals surface area contributed by atoms with Gasteiger partial charge in [0, 0.05) is 38.7 Å². The largest absolute Gasteiger partial charge is 0.382 e. The second-order valence-electron chi connectivity index (χ2n) is 5.20. The highest BCUT2D eigenvalue weighted by Gasteiger charge is 2.20. The van der Waals surface area contributed by atoms with Crippen molar-refractivity contribution in [1.29, 1.82) is 0 Å². The van der Waals surface area contributed by atoms with Gasteiger partial charge >= 0.3 is 0 Å². The number of nitrogens with one attached hydrogen (secondary N) is 1. The van der Waals surface area contributed by atoms with Gasteiger partial charge in [-0.15, -0.1) is 0 Å². The Morgan fingerprint density at radius 1 is 1.21 bits per heavy atom. The second-order valence-corrected chi connectivity index (χ2v) is 5.20. The van der Waals surface area contributed by atoms with Gasteiger partial charge in [0.25, 0.3) is 5.91 Å². The minimum absolute atomic E-state index is 0.00464. The van der Waals surface area contributed by atoms with Crippen molar-refractivity contribution < 1.29 is 9.59 Å². The van der Waals surface area contributed by atoms with E-state index in [4.69, 9.17) is 0 Å². The molecule has 4 heteroatoms. The van der Waals surface area contributed by atoms with E-state index in [-0.39, 0.29) is 11.9 Å². The molecule has 1 aliphatic rings. The molecule has 1 aromatic rings. The molecule has 19 heavy (non-hydrogen) atoms. The highest BCUT2D eigenvalue weighted by Crippen LogP contribution is 2.23. The van der Waals surface area contributed by atoms with Crippen molar-refractivity contribution in [2.45, 2.75) is 31.7 Å². The summed E-state index contributed by atoms with van der Waals surface area (Å²) in [5.74, 6) is 0.339. The maximum Gasteiger partial charge on any atom is 0.255 e. The highest BCUT2D eigenvalue weighted by molar-refractivity contribution is 5.99. The summed E-state index contributed by atoms with van der Waals surface area (Å²) in [6.45, 7) is 0. The van der Waals surface area contributed by atoms with Crippen LogP contribution in [-0.2, 0) is 4.79 Å². The third-order valence-corrected chi connectivity index (χ3v) is 3.47. The molecule has 0 unspecified atom stereocenters. The Hall–Kier alpha value is -1.84. The molecule has 102 valence electrons. The number of carbonyl (C=O) groups is 2. The first kappa shape index (κ1) is 13.6. The topological polar surface area (TPSA) is 49.4 Å². The van der Waals surface area contributed by atoms with Gasteiger partial charge in [-0.05, 0) is 25.0 Å². The van der Waals surface area contributed by atoms with Crippen LogP contribution in [0.15, 0.2) is 24.3 Å². The monoisotopic (exact) mass is 260 g/mol. The van der Waals surface area contributed by atoms with Crippen LogP contribution in [0.2, 0.25) is 0 Å². The van der Waals surface area contributed by atoms with Crippen molar-refractivity contribution in [2.24, 2.45) is 0 Å². The number of nitrogens with zero attached hydrogens (tertiary/aromatic N) is 1. The summed E-state index contributed by atoms with van der Waals surface area (Å²) in [5, 5.41) is 3.41. The van der Waals surface area contributed by atoms with E-state index in [1.54, 1.807) is 19.0 Å². The van der Waals surface area contributed by atoms with E-state index in [9.17, 15) is 9.59 Å². The number of anilines is 1. The first-order chi connectivity index (χ1) is 9.08. The van der Waals surface area contributed by atoms with Gasteiger partial charge in [-0.25, -0.2) is 0 Å². The number of ketones is 1. The van der Waals surface area contributed by atoms with Gasteiger partial charge in [-0.2, -0.15) is 0 Å². The predicted molar refractivity (Wildman–Crippen MR) is 75.3 cm³/mol. The normalized spacial score (nSPS) is 16.2. The zero-order chi connectivity index (χ0) is 13.8. The van der Waals surface area contributed by atoms with E-state index in [2.05, 4.69) is 5.32 Å². The van der Waals surface area contributed by atoms with Crippen LogP contribution >= 0.6 is 0 Å². The van der Waals surface area contributed by atoms with Crippen molar-refractivity contribution >= 4 is 17.4 Å². The summed E-state index contributed by atoms with van der Waals surface area (Å²) in [6.07, 6.45) is 2.98. The Morgan fingerprint density at radius 3 is 2.47 bits per heavy atom. The molecule has 4 nitrogen and oxygen atoms in total. The van der Waals surface area contributed by atoms with Crippen LogP contribution in [0.25, 0.3) is 0 Å². The first-order valence-corrected chi connectivity index (χ1v) is 6.67. The summed E-state index contributed by atoms with van der Waals surface area (Å²) in [7, 11) is 3.50. The zero-order valence-electron chi connectivity index (χ0n) is 11.5. The number of carbonyl (C=O) groups excluding carboxylic acids is 2. The van der Waals surface area contributed by atoms with E-state index >= 15 is 0 Å². The molecule has 1 aromatic carbocycles. The number of Topliss-reactive ketones (excluding diaryl/α,β-unsaturated/α-hetero) is 1. The SMILES string of the molecule is CN(C)C(=O)c1ccccc1NC1CCC(=O)CC1. The minimum atomic E-state index is -0.00464. The van der Waals surface area contributed by atoms with E-state index in [1.165, 1.54) is 0 Å². The maximum atomic E-state index is 12.1. The molecule has 2 rings (SSSR count). The zero-order valence-corrected chi connectivity index (χ0v) is 11.5. The van der Waals surface area contributed by atoms with Crippen LogP contribution < -0.4 is 5.32 Å². The third kappa shape index (κ3) is 3.34. The molecule has 0 heterocycles. The summed E-state index contributed by atoms with van der Waals surface area (Å²) >= 11 is 0. The average molecular weight is 260 g/mol. The van der Waals surface area contributed by atoms with E-state index in [0.29, 0.717) is 24.2 Å². The van der Waals surface area contributed by atoms with Gasteiger partial charge in [0.1, 0.15) is 5.78 Å². The predicted octanol–water partition coefficient (Wildman–Crippen LogP) is 2.31. The van der Waals surface area contributed by atoms with E-state index in [1.807, 2.05) is 24.3 Å². The van der Waals surface area contributed by atoms with Crippen LogP contribution in [0, 0.1) is 0 Å². The fourth-order valence-electron chi connectivity index (χ4n) is 2.34. The van der Waals surface area contributed by atoms with Crippen molar-refractivity contribution in [2.75, 3.05) is 19.4 Å². The number of rotatable bonds is 3. The van der Waals surface area contributed by atoms with Gasteiger partial charge in [-0.1, -0.05) is 12.1 Å². The van der Waals surface area contributed by atoms with E-state index in [0.717, 1.165) is 18.5 Å². The molecule has 1 aliphatic carbocycles. The Balaban J connectivity index is 2.12. The van der Waals surface area contributed by atoms with Gasteiger partial charge in [0.15, 0.2) is 0 Å². The quantitative estimate of drug-likeness (QED) is 0.907. The van der Waals surface area contributed by atoms with Gasteiger partial charge in [-0.3, -0.25) is 9.59 Å². The lowest BCUT2D eigenvalue weighted by Crippen LogP contribution is -2.28. The molecule has 0 bridgehead atoms. The molecular formula is C15H20N2O2. The lowest BCUT2D eigenvalue weighted by Gasteiger charge is -2.25. The molecule has 1 fully saturated rings. The minimum Gasteiger partial charge on any atom is -0.382 e. The number of hydrogen-bond acceptors (Lipinski definition) is 3. The summed E-state index contributed by atoms with van der Waals surface area (Å²) in [4.78, 5) is 24.9. The molecule has 0 atom stereocenters. The molecule has 0 aliphatic heterocycles. The molecule has 0 spiro atoms. The van der Waals surface area contributed by atoms with Crippen LogP contribution in [0.4, 0.5) is 5.69 Å².